The van der Waals surface area contributed by atoms with Gasteiger partial charge in [-0.1, -0.05) is 41.4 Å². The van der Waals surface area contributed by atoms with Crippen LogP contribution in [-0.2, 0) is 19.1 Å². The van der Waals surface area contributed by atoms with Gasteiger partial charge in [-0.05, 0) is 61.5 Å². The Morgan fingerprint density at radius 1 is 1.12 bits per heavy atom. The normalized spacial score (nSPS) is 18.0. The van der Waals surface area contributed by atoms with Gasteiger partial charge in [-0.2, -0.15) is 0 Å². The van der Waals surface area contributed by atoms with E-state index in [4.69, 9.17) is 16.3 Å². The molecule has 2 heterocycles. The molecule has 1 saturated heterocycles. The molecule has 4 rings (SSSR count). The molecule has 1 fully saturated rings. The summed E-state index contributed by atoms with van der Waals surface area (Å²) in [6.45, 7) is 3.36. The number of amides is 2. The Morgan fingerprint density at radius 3 is 2.59 bits per heavy atom. The lowest BCUT2D eigenvalue weighted by Gasteiger charge is -2.39. The minimum Gasteiger partial charge on any atom is -0.455 e. The number of rotatable bonds is 6. The van der Waals surface area contributed by atoms with Crippen LogP contribution in [0, 0.1) is 19.8 Å². The van der Waals surface area contributed by atoms with Gasteiger partial charge in [0, 0.05) is 27.7 Å². The zero-order valence-corrected chi connectivity index (χ0v) is 20.5. The molecule has 6 nitrogen and oxygen atoms in total. The first-order valence-electron chi connectivity index (χ1n) is 11.0. The molecule has 176 valence electrons. The summed E-state index contributed by atoms with van der Waals surface area (Å²) in [6.07, 6.45) is 0.584. The van der Waals surface area contributed by atoms with Gasteiger partial charge in [0.05, 0.1) is 12.0 Å². The van der Waals surface area contributed by atoms with E-state index < -0.39 is 30.4 Å². The van der Waals surface area contributed by atoms with Crippen molar-refractivity contribution >= 4 is 52.1 Å². The second-order valence-corrected chi connectivity index (χ2v) is 9.66. The topological polar surface area (TPSA) is 75.7 Å². The van der Waals surface area contributed by atoms with E-state index in [9.17, 15) is 14.4 Å². The molecule has 2 aromatic carbocycles. The number of nitrogens with zero attached hydrogens (tertiary/aromatic N) is 1. The quantitative estimate of drug-likeness (QED) is 0.445. The predicted octanol–water partition coefficient (Wildman–Crippen LogP) is 5.68. The summed E-state index contributed by atoms with van der Waals surface area (Å²) in [4.78, 5) is 41.2. The van der Waals surface area contributed by atoms with Crippen LogP contribution in [0.3, 0.4) is 0 Å². The summed E-state index contributed by atoms with van der Waals surface area (Å²) in [6, 6.07) is 16.2. The molecule has 3 aromatic rings. The SMILES string of the molecule is Cc1ccc(N2C(=O)CC[C@H](C(=O)OCC(=O)Nc3cccc(Cl)c3C)[C@@H]2c2cccs2)cc1. The van der Waals surface area contributed by atoms with E-state index in [1.807, 2.05) is 48.7 Å². The molecule has 1 aliphatic heterocycles. The van der Waals surface area contributed by atoms with Gasteiger partial charge in [0.15, 0.2) is 6.61 Å². The first-order chi connectivity index (χ1) is 16.3. The number of carbonyl (C=O) groups is 3. The van der Waals surface area contributed by atoms with E-state index in [1.54, 1.807) is 30.0 Å². The number of halogens is 1. The third-order valence-electron chi connectivity index (χ3n) is 5.93. The molecule has 1 N–H and O–H groups in total. The molecule has 0 radical (unpaired) electrons. The molecule has 0 aliphatic carbocycles. The Morgan fingerprint density at radius 2 is 1.88 bits per heavy atom. The van der Waals surface area contributed by atoms with Crippen LogP contribution in [-0.4, -0.2) is 24.4 Å². The number of ether oxygens (including phenoxy) is 1. The number of carbonyl (C=O) groups excluding carboxylic acids is 3. The highest BCUT2D eigenvalue weighted by Gasteiger charge is 2.43. The van der Waals surface area contributed by atoms with E-state index in [0.717, 1.165) is 21.7 Å². The van der Waals surface area contributed by atoms with Crippen LogP contribution in [0.25, 0.3) is 0 Å². The van der Waals surface area contributed by atoms with Gasteiger partial charge in [0.25, 0.3) is 5.91 Å². The smallest absolute Gasteiger partial charge is 0.311 e. The summed E-state index contributed by atoms with van der Waals surface area (Å²) in [5.74, 6) is -1.58. The predicted molar refractivity (Wildman–Crippen MR) is 134 cm³/mol. The van der Waals surface area contributed by atoms with Gasteiger partial charge in [-0.15, -0.1) is 11.3 Å². The highest BCUT2D eigenvalue weighted by Crippen LogP contribution is 2.42. The number of anilines is 2. The van der Waals surface area contributed by atoms with Gasteiger partial charge in [-0.3, -0.25) is 14.4 Å². The van der Waals surface area contributed by atoms with Gasteiger partial charge < -0.3 is 15.0 Å². The number of aryl methyl sites for hydroxylation is 1. The molecule has 1 aliphatic rings. The molecule has 1 aromatic heterocycles. The average molecular weight is 497 g/mol. The molecule has 0 saturated carbocycles. The van der Waals surface area contributed by atoms with E-state index >= 15 is 0 Å². The third kappa shape index (κ3) is 5.16. The molecular formula is C26H25ClN2O4S. The minimum atomic E-state index is -0.585. The van der Waals surface area contributed by atoms with Crippen LogP contribution < -0.4 is 10.2 Å². The van der Waals surface area contributed by atoms with Crippen LogP contribution in [0.2, 0.25) is 5.02 Å². The Bertz CT molecular complexity index is 1190. The summed E-state index contributed by atoms with van der Waals surface area (Å²) < 4.78 is 5.44. The number of thiophene rings is 1. The van der Waals surface area contributed by atoms with Gasteiger partial charge in [0.2, 0.25) is 5.91 Å². The largest absolute Gasteiger partial charge is 0.455 e. The number of esters is 1. The third-order valence-corrected chi connectivity index (χ3v) is 7.29. The van der Waals surface area contributed by atoms with Crippen molar-refractivity contribution in [3.63, 3.8) is 0 Å². The molecule has 2 atom stereocenters. The Kier molecular flexibility index (Phi) is 7.34. The average Bonchev–Trinajstić information content (AvgIpc) is 3.36. The maximum Gasteiger partial charge on any atom is 0.311 e. The fourth-order valence-electron chi connectivity index (χ4n) is 4.11. The molecule has 2 amide bonds. The Balaban J connectivity index is 1.51. The van der Waals surface area contributed by atoms with Crippen LogP contribution in [0.1, 0.15) is 34.9 Å². The second-order valence-electron chi connectivity index (χ2n) is 8.27. The molecule has 34 heavy (non-hydrogen) atoms. The van der Waals surface area contributed by atoms with Crippen molar-refractivity contribution in [3.05, 3.63) is 81.0 Å². The lowest BCUT2D eigenvalue weighted by atomic mass is 9.87. The van der Waals surface area contributed by atoms with Gasteiger partial charge in [-0.25, -0.2) is 0 Å². The van der Waals surface area contributed by atoms with Crippen molar-refractivity contribution in [2.24, 2.45) is 5.92 Å². The number of hydrogen-bond acceptors (Lipinski definition) is 5. The van der Waals surface area contributed by atoms with E-state index in [0.29, 0.717) is 17.1 Å². The Hall–Kier alpha value is -3.16. The highest BCUT2D eigenvalue weighted by atomic mass is 35.5. The fraction of sp³-hybridized carbons (Fsp3) is 0.269. The second kappa shape index (κ2) is 10.4. The standard InChI is InChI=1S/C26H25ClN2O4S/c1-16-8-10-18(11-9-16)29-24(31)13-12-19(25(29)22-7-4-14-34-22)26(32)33-15-23(30)28-21-6-3-5-20(27)17(21)2/h3-11,14,19,25H,12-13,15H2,1-2H3,(H,28,30)/t19-,25+/m0/s1. The molecule has 0 spiro atoms. The first-order valence-corrected chi connectivity index (χ1v) is 12.2. The van der Waals surface area contributed by atoms with Crippen LogP contribution in [0.5, 0.6) is 0 Å². The number of piperidine rings is 1. The number of nitrogens with one attached hydrogen (secondary N) is 1. The van der Waals surface area contributed by atoms with Crippen molar-refractivity contribution in [1.29, 1.82) is 0 Å². The highest BCUT2D eigenvalue weighted by molar-refractivity contribution is 7.10. The maximum atomic E-state index is 13.2. The van der Waals surface area contributed by atoms with Crippen LogP contribution in [0.15, 0.2) is 60.0 Å². The summed E-state index contributed by atoms with van der Waals surface area (Å²) in [5.41, 5.74) is 3.12. The van der Waals surface area contributed by atoms with Crippen molar-refractivity contribution in [2.75, 3.05) is 16.8 Å². The lowest BCUT2D eigenvalue weighted by molar-refractivity contribution is -0.153. The van der Waals surface area contributed by atoms with Crippen LogP contribution >= 0.6 is 22.9 Å². The minimum absolute atomic E-state index is 0.0412. The lowest BCUT2D eigenvalue weighted by Crippen LogP contribution is -2.46. The Labute approximate surface area is 207 Å². The molecule has 0 unspecified atom stereocenters. The first kappa shape index (κ1) is 24.0. The van der Waals surface area contributed by atoms with E-state index in [2.05, 4.69) is 5.32 Å². The molecule has 8 heteroatoms. The van der Waals surface area contributed by atoms with Crippen molar-refractivity contribution < 1.29 is 19.1 Å². The van der Waals surface area contributed by atoms with Crippen molar-refractivity contribution in [2.45, 2.75) is 32.7 Å². The molecular weight excluding hydrogens is 472 g/mol. The zero-order valence-electron chi connectivity index (χ0n) is 18.9. The number of hydrogen-bond donors (Lipinski definition) is 1. The van der Waals surface area contributed by atoms with Crippen LogP contribution in [0.4, 0.5) is 11.4 Å². The van der Waals surface area contributed by atoms with E-state index in [-0.39, 0.29) is 12.3 Å². The van der Waals surface area contributed by atoms with Gasteiger partial charge in [0.1, 0.15) is 0 Å². The number of benzene rings is 2. The van der Waals surface area contributed by atoms with Crippen molar-refractivity contribution in [3.8, 4) is 0 Å². The van der Waals surface area contributed by atoms with Gasteiger partial charge >= 0.3 is 5.97 Å². The fourth-order valence-corrected chi connectivity index (χ4v) is 5.16. The summed E-state index contributed by atoms with van der Waals surface area (Å²) >= 11 is 7.60. The van der Waals surface area contributed by atoms with E-state index in [1.165, 1.54) is 11.3 Å². The zero-order chi connectivity index (χ0) is 24.2. The maximum absolute atomic E-state index is 13.2. The monoisotopic (exact) mass is 496 g/mol. The summed E-state index contributed by atoms with van der Waals surface area (Å²) in [7, 11) is 0. The molecule has 0 bridgehead atoms. The van der Waals surface area contributed by atoms with Crippen molar-refractivity contribution in [1.82, 2.24) is 0 Å². The summed E-state index contributed by atoms with van der Waals surface area (Å²) in [5, 5.41) is 5.19.